The Balaban J connectivity index is 1.77. The van der Waals surface area contributed by atoms with Crippen molar-refractivity contribution in [2.75, 3.05) is 19.5 Å². The van der Waals surface area contributed by atoms with Gasteiger partial charge in [0.05, 0.1) is 24.7 Å². The average molecular weight is 474 g/mol. The quantitative estimate of drug-likeness (QED) is 0.291. The Kier molecular flexibility index (Phi) is 7.08. The minimum atomic E-state index is -0.729. The molecule has 0 saturated heterocycles. The van der Waals surface area contributed by atoms with Crippen molar-refractivity contribution in [3.05, 3.63) is 74.0 Å². The number of methoxy groups -OCH3 is 2. The van der Waals surface area contributed by atoms with Gasteiger partial charge in [0, 0.05) is 6.07 Å². The first-order chi connectivity index (χ1) is 15.8. The molecule has 33 heavy (non-hydrogen) atoms. The van der Waals surface area contributed by atoms with Crippen LogP contribution in [0.5, 0.6) is 5.75 Å². The van der Waals surface area contributed by atoms with Gasteiger partial charge in [0.25, 0.3) is 5.91 Å². The number of amides is 1. The van der Waals surface area contributed by atoms with E-state index < -0.39 is 22.8 Å². The number of nitrogens with zero attached hydrogens (tertiary/aromatic N) is 1. The minimum Gasteiger partial charge on any atom is -0.479 e. The van der Waals surface area contributed by atoms with Crippen molar-refractivity contribution in [1.29, 1.82) is 0 Å². The van der Waals surface area contributed by atoms with Crippen LogP contribution < -0.4 is 10.1 Å². The predicted molar refractivity (Wildman–Crippen MR) is 116 cm³/mol. The summed E-state index contributed by atoms with van der Waals surface area (Å²) in [6, 6.07) is 8.72. The third kappa shape index (κ3) is 5.01. The Labute approximate surface area is 191 Å². The minimum absolute atomic E-state index is 0.0303. The van der Waals surface area contributed by atoms with Gasteiger partial charge in [-0.1, -0.05) is 12.1 Å². The van der Waals surface area contributed by atoms with Crippen molar-refractivity contribution >= 4 is 39.9 Å². The highest BCUT2D eigenvalue weighted by molar-refractivity contribution is 7.18. The molecule has 1 amide bonds. The molecular formula is C21H18N2O9S. The van der Waals surface area contributed by atoms with E-state index >= 15 is 0 Å². The Morgan fingerprint density at radius 2 is 1.79 bits per heavy atom. The van der Waals surface area contributed by atoms with Gasteiger partial charge in [0.1, 0.15) is 22.2 Å². The molecule has 0 saturated carbocycles. The normalized spacial score (nSPS) is 10.4. The van der Waals surface area contributed by atoms with E-state index in [1.807, 2.05) is 0 Å². The van der Waals surface area contributed by atoms with Gasteiger partial charge in [-0.2, -0.15) is 0 Å². The highest BCUT2D eigenvalue weighted by Gasteiger charge is 2.27. The first-order valence-electron chi connectivity index (χ1n) is 9.33. The van der Waals surface area contributed by atoms with Crippen molar-refractivity contribution in [2.45, 2.75) is 13.5 Å². The van der Waals surface area contributed by atoms with E-state index in [0.717, 1.165) is 11.3 Å². The molecule has 172 valence electrons. The Morgan fingerprint density at radius 3 is 2.45 bits per heavy atom. The summed E-state index contributed by atoms with van der Waals surface area (Å²) in [5.41, 5.74) is 0.140. The lowest BCUT2D eigenvalue weighted by Crippen LogP contribution is -2.13. The number of benzene rings is 1. The molecule has 0 aliphatic rings. The Hall–Kier alpha value is -4.19. The second-order valence-electron chi connectivity index (χ2n) is 6.48. The van der Waals surface area contributed by atoms with Crippen LogP contribution in [-0.2, 0) is 16.1 Å². The van der Waals surface area contributed by atoms with E-state index in [-0.39, 0.29) is 45.0 Å². The van der Waals surface area contributed by atoms with Crippen LogP contribution in [0.15, 0.2) is 40.8 Å². The number of anilines is 1. The molecule has 12 heteroatoms. The third-order valence-corrected chi connectivity index (χ3v) is 5.64. The number of esters is 2. The van der Waals surface area contributed by atoms with Crippen LogP contribution in [0.3, 0.4) is 0 Å². The van der Waals surface area contributed by atoms with Gasteiger partial charge < -0.3 is 23.9 Å². The molecule has 1 aromatic carbocycles. The number of carbonyl (C=O) groups is 3. The second kappa shape index (κ2) is 9.96. The molecule has 0 fully saturated rings. The van der Waals surface area contributed by atoms with Crippen LogP contribution in [0, 0.1) is 17.0 Å². The molecule has 3 aromatic rings. The van der Waals surface area contributed by atoms with Crippen LogP contribution in [0.1, 0.15) is 41.9 Å². The summed E-state index contributed by atoms with van der Waals surface area (Å²) in [7, 11) is 2.38. The summed E-state index contributed by atoms with van der Waals surface area (Å²) < 4.78 is 20.4. The number of furan rings is 1. The van der Waals surface area contributed by atoms with E-state index in [0.29, 0.717) is 5.56 Å². The van der Waals surface area contributed by atoms with Gasteiger partial charge >= 0.3 is 17.6 Å². The van der Waals surface area contributed by atoms with Gasteiger partial charge in [-0.25, -0.2) is 9.59 Å². The first-order valence-corrected chi connectivity index (χ1v) is 10.1. The summed E-state index contributed by atoms with van der Waals surface area (Å²) in [4.78, 5) is 47.5. The van der Waals surface area contributed by atoms with Crippen molar-refractivity contribution < 1.29 is 37.9 Å². The number of rotatable bonds is 8. The summed E-state index contributed by atoms with van der Waals surface area (Å²) in [6.07, 6.45) is 0. The molecule has 0 spiro atoms. The lowest BCUT2D eigenvalue weighted by Gasteiger charge is -2.05. The fraction of sp³-hybridized carbons (Fsp3) is 0.190. The van der Waals surface area contributed by atoms with Crippen LogP contribution >= 0.6 is 11.3 Å². The fourth-order valence-corrected chi connectivity index (χ4v) is 3.97. The van der Waals surface area contributed by atoms with E-state index in [4.69, 9.17) is 18.6 Å². The number of hydrogen-bond donors (Lipinski definition) is 1. The van der Waals surface area contributed by atoms with Crippen molar-refractivity contribution in [3.63, 3.8) is 0 Å². The maximum absolute atomic E-state index is 12.7. The zero-order valence-corrected chi connectivity index (χ0v) is 18.5. The zero-order chi connectivity index (χ0) is 24.1. The molecular weight excluding hydrogens is 456 g/mol. The number of para-hydroxylation sites is 2. The molecule has 1 N–H and O–H groups in total. The number of thiophene rings is 1. The number of ether oxygens (including phenoxy) is 3. The largest absolute Gasteiger partial charge is 0.479 e. The Bertz CT molecular complexity index is 1230. The molecule has 0 aliphatic carbocycles. The van der Waals surface area contributed by atoms with E-state index in [9.17, 15) is 24.5 Å². The molecule has 0 aliphatic heterocycles. The van der Waals surface area contributed by atoms with E-state index in [2.05, 4.69) is 5.32 Å². The number of nitro benzene ring substituents is 1. The number of hydrogen-bond acceptors (Lipinski definition) is 10. The lowest BCUT2D eigenvalue weighted by atomic mass is 10.1. The average Bonchev–Trinajstić information content (AvgIpc) is 3.41. The van der Waals surface area contributed by atoms with Gasteiger partial charge in [-0.15, -0.1) is 11.3 Å². The zero-order valence-electron chi connectivity index (χ0n) is 17.7. The van der Waals surface area contributed by atoms with Crippen LogP contribution in [0.25, 0.3) is 0 Å². The number of nitro groups is 1. The highest BCUT2D eigenvalue weighted by atomic mass is 32.1. The van der Waals surface area contributed by atoms with E-state index in [1.165, 1.54) is 51.5 Å². The monoisotopic (exact) mass is 474 g/mol. The smallest absolute Gasteiger partial charge is 0.348 e. The van der Waals surface area contributed by atoms with Crippen LogP contribution in [0.4, 0.5) is 10.7 Å². The molecule has 3 rings (SSSR count). The summed E-state index contributed by atoms with van der Waals surface area (Å²) in [5.74, 6) is -1.88. The van der Waals surface area contributed by atoms with Crippen molar-refractivity contribution in [3.8, 4) is 5.75 Å². The standard InChI is InChI=1S/C21H18N2O9S/c1-11-16(20(25)29-2)19(33-17(11)21(26)30-3)22-18(24)15-9-8-12(32-15)10-31-14-7-5-4-6-13(14)23(27)28/h4-9H,10H2,1-3H3,(H,22,24). The maximum Gasteiger partial charge on any atom is 0.348 e. The summed E-state index contributed by atoms with van der Waals surface area (Å²) in [6.45, 7) is 1.38. The number of carbonyl (C=O) groups excluding carboxylic acids is 3. The number of nitrogens with one attached hydrogen (secondary N) is 1. The second-order valence-corrected chi connectivity index (χ2v) is 7.50. The summed E-state index contributed by atoms with van der Waals surface area (Å²) in [5, 5.41) is 13.7. The highest BCUT2D eigenvalue weighted by Crippen LogP contribution is 2.34. The molecule has 11 nitrogen and oxygen atoms in total. The summed E-state index contributed by atoms with van der Waals surface area (Å²) >= 11 is 0.867. The molecule has 0 radical (unpaired) electrons. The predicted octanol–water partition coefficient (Wildman–Crippen LogP) is 3.96. The molecule has 0 atom stereocenters. The maximum atomic E-state index is 12.7. The van der Waals surface area contributed by atoms with Crippen LogP contribution in [-0.4, -0.2) is 37.0 Å². The molecule has 2 heterocycles. The van der Waals surface area contributed by atoms with Gasteiger partial charge in [-0.3, -0.25) is 14.9 Å². The van der Waals surface area contributed by atoms with Gasteiger partial charge in [0.2, 0.25) is 0 Å². The SMILES string of the molecule is COC(=O)c1sc(NC(=O)c2ccc(COc3ccccc3[N+](=O)[O-])o2)c(C(=O)OC)c1C. The molecule has 0 unspecified atom stereocenters. The van der Waals surface area contributed by atoms with Crippen molar-refractivity contribution in [1.82, 2.24) is 0 Å². The third-order valence-electron chi connectivity index (χ3n) is 4.45. The van der Waals surface area contributed by atoms with Gasteiger partial charge in [-0.05, 0) is 30.7 Å². The Morgan fingerprint density at radius 1 is 1.09 bits per heavy atom. The van der Waals surface area contributed by atoms with Crippen LogP contribution in [0.2, 0.25) is 0 Å². The first kappa shape index (κ1) is 23.5. The molecule has 0 bridgehead atoms. The fourth-order valence-electron chi connectivity index (χ4n) is 2.86. The van der Waals surface area contributed by atoms with Gasteiger partial charge in [0.15, 0.2) is 11.5 Å². The van der Waals surface area contributed by atoms with Crippen molar-refractivity contribution in [2.24, 2.45) is 0 Å². The molecule has 2 aromatic heterocycles. The topological polar surface area (TPSA) is 147 Å². The lowest BCUT2D eigenvalue weighted by molar-refractivity contribution is -0.386. The van der Waals surface area contributed by atoms with E-state index in [1.54, 1.807) is 6.07 Å².